The molecule has 1 aliphatic heterocycles. The molecular formula is C14H18N2O2S. The second-order valence-corrected chi connectivity index (χ2v) is 5.70. The smallest absolute Gasteiger partial charge is 0.252 e. The number of carbonyl (C=O) groups excluding carboxylic acids is 2. The zero-order valence-corrected chi connectivity index (χ0v) is 12.2. The van der Waals surface area contributed by atoms with Gasteiger partial charge in [0, 0.05) is 10.6 Å². The molecule has 1 aliphatic rings. The van der Waals surface area contributed by atoms with Gasteiger partial charge in [0.05, 0.1) is 0 Å². The molecule has 1 N–H and O–H groups in total. The average molecular weight is 278 g/mol. The second kappa shape index (κ2) is 5.25. The highest BCUT2D eigenvalue weighted by molar-refractivity contribution is 7.98. The summed E-state index contributed by atoms with van der Waals surface area (Å²) < 4.78 is 0. The molecule has 0 spiro atoms. The Balaban J connectivity index is 2.31. The van der Waals surface area contributed by atoms with Gasteiger partial charge in [-0.15, -0.1) is 11.8 Å². The Morgan fingerprint density at radius 2 is 1.95 bits per heavy atom. The number of nitrogens with zero attached hydrogens (tertiary/aromatic N) is 1. The Kier molecular flexibility index (Phi) is 3.85. The van der Waals surface area contributed by atoms with E-state index in [0.717, 1.165) is 10.6 Å². The molecule has 1 atom stereocenters. The molecule has 1 saturated heterocycles. The van der Waals surface area contributed by atoms with Crippen molar-refractivity contribution in [3.63, 3.8) is 0 Å². The Morgan fingerprint density at radius 3 is 2.47 bits per heavy atom. The van der Waals surface area contributed by atoms with Crippen LogP contribution in [0.15, 0.2) is 29.2 Å². The molecule has 5 heteroatoms. The lowest BCUT2D eigenvalue weighted by atomic mass is 9.94. The van der Waals surface area contributed by atoms with E-state index in [1.54, 1.807) is 23.6 Å². The predicted octanol–water partition coefficient (Wildman–Crippen LogP) is 2.04. The first-order chi connectivity index (χ1) is 9.00. The van der Waals surface area contributed by atoms with Crippen LogP contribution >= 0.6 is 11.8 Å². The van der Waals surface area contributed by atoms with Gasteiger partial charge in [-0.2, -0.15) is 0 Å². The van der Waals surface area contributed by atoms with E-state index in [1.807, 2.05) is 37.4 Å². The van der Waals surface area contributed by atoms with E-state index in [-0.39, 0.29) is 18.4 Å². The van der Waals surface area contributed by atoms with Crippen molar-refractivity contribution in [2.75, 3.05) is 17.7 Å². The van der Waals surface area contributed by atoms with Gasteiger partial charge >= 0.3 is 0 Å². The second-order valence-electron chi connectivity index (χ2n) is 4.82. The van der Waals surface area contributed by atoms with Crippen molar-refractivity contribution < 1.29 is 9.59 Å². The van der Waals surface area contributed by atoms with E-state index in [9.17, 15) is 9.59 Å². The van der Waals surface area contributed by atoms with Gasteiger partial charge in [0.15, 0.2) is 0 Å². The zero-order chi connectivity index (χ0) is 14.0. The van der Waals surface area contributed by atoms with E-state index in [0.29, 0.717) is 6.42 Å². The minimum absolute atomic E-state index is 0.0495. The molecule has 102 valence electrons. The number of nitrogens with one attached hydrogen (secondary N) is 1. The number of hydrogen-bond donors (Lipinski definition) is 1. The van der Waals surface area contributed by atoms with Crippen molar-refractivity contribution in [1.29, 1.82) is 0 Å². The summed E-state index contributed by atoms with van der Waals surface area (Å²) in [6.07, 6.45) is 2.58. The number of carbonyl (C=O) groups is 2. The third-order valence-electron chi connectivity index (χ3n) is 3.53. The van der Waals surface area contributed by atoms with E-state index >= 15 is 0 Å². The van der Waals surface area contributed by atoms with Gasteiger partial charge < -0.3 is 10.2 Å². The lowest BCUT2D eigenvalue weighted by molar-refractivity contribution is -0.135. The van der Waals surface area contributed by atoms with Gasteiger partial charge in [-0.3, -0.25) is 9.59 Å². The maximum absolute atomic E-state index is 12.5. The van der Waals surface area contributed by atoms with Crippen LogP contribution in [0, 0.1) is 0 Å². The summed E-state index contributed by atoms with van der Waals surface area (Å²) in [6.45, 7) is 3.77. The van der Waals surface area contributed by atoms with Crippen LogP contribution in [0.25, 0.3) is 0 Å². The van der Waals surface area contributed by atoms with Gasteiger partial charge in [0.2, 0.25) is 5.91 Å². The summed E-state index contributed by atoms with van der Waals surface area (Å²) >= 11 is 1.65. The van der Waals surface area contributed by atoms with E-state index < -0.39 is 5.54 Å². The molecule has 0 aromatic heterocycles. The molecule has 2 rings (SSSR count). The van der Waals surface area contributed by atoms with Crippen LogP contribution < -0.4 is 10.2 Å². The molecule has 2 amide bonds. The molecule has 1 aromatic carbocycles. The number of thioether (sulfide) groups is 1. The van der Waals surface area contributed by atoms with Crippen molar-refractivity contribution in [2.45, 2.75) is 30.7 Å². The van der Waals surface area contributed by atoms with Crippen molar-refractivity contribution in [3.05, 3.63) is 24.3 Å². The minimum Gasteiger partial charge on any atom is -0.340 e. The van der Waals surface area contributed by atoms with Crippen LogP contribution in [0.4, 0.5) is 5.69 Å². The molecule has 0 radical (unpaired) electrons. The standard InChI is InChI=1S/C14H18N2O2S/c1-4-14(2)13(18)16(9-12(17)15-14)10-5-7-11(19-3)8-6-10/h5-8H,4,9H2,1-3H3,(H,15,17). The Morgan fingerprint density at radius 1 is 1.32 bits per heavy atom. The Hall–Kier alpha value is -1.49. The average Bonchev–Trinajstić information content (AvgIpc) is 2.43. The number of anilines is 1. The van der Waals surface area contributed by atoms with Crippen LogP contribution in [-0.2, 0) is 9.59 Å². The third kappa shape index (κ3) is 2.61. The first kappa shape index (κ1) is 13.9. The summed E-state index contributed by atoms with van der Waals surface area (Å²) in [6, 6.07) is 7.70. The lowest BCUT2D eigenvalue weighted by Gasteiger charge is -2.39. The fraction of sp³-hybridized carbons (Fsp3) is 0.429. The molecule has 0 aliphatic carbocycles. The molecule has 1 fully saturated rings. The normalized spacial score (nSPS) is 23.4. The van der Waals surface area contributed by atoms with Crippen LogP contribution in [0.5, 0.6) is 0 Å². The lowest BCUT2D eigenvalue weighted by Crippen LogP contribution is -2.65. The maximum Gasteiger partial charge on any atom is 0.252 e. The molecule has 1 heterocycles. The third-order valence-corrected chi connectivity index (χ3v) is 4.27. The van der Waals surface area contributed by atoms with Crippen LogP contribution in [0.2, 0.25) is 0 Å². The monoisotopic (exact) mass is 278 g/mol. The van der Waals surface area contributed by atoms with Gasteiger partial charge in [-0.05, 0) is 43.9 Å². The predicted molar refractivity (Wildman–Crippen MR) is 77.4 cm³/mol. The summed E-state index contributed by atoms with van der Waals surface area (Å²) in [7, 11) is 0. The largest absolute Gasteiger partial charge is 0.340 e. The van der Waals surface area contributed by atoms with Gasteiger partial charge in [0.25, 0.3) is 5.91 Å². The number of piperazine rings is 1. The van der Waals surface area contributed by atoms with Gasteiger partial charge in [0.1, 0.15) is 12.1 Å². The minimum atomic E-state index is -0.798. The molecule has 1 aromatic rings. The molecule has 1 unspecified atom stereocenters. The molecule has 0 saturated carbocycles. The van der Waals surface area contributed by atoms with E-state index in [4.69, 9.17) is 0 Å². The van der Waals surface area contributed by atoms with Crippen molar-refractivity contribution in [3.8, 4) is 0 Å². The summed E-state index contributed by atoms with van der Waals surface area (Å²) in [5.41, 5.74) is -0.0228. The first-order valence-electron chi connectivity index (χ1n) is 6.27. The SMILES string of the molecule is CCC1(C)NC(=O)CN(c2ccc(SC)cc2)C1=O. The first-order valence-corrected chi connectivity index (χ1v) is 7.49. The summed E-state index contributed by atoms with van der Waals surface area (Å²) in [5.74, 6) is -0.163. The van der Waals surface area contributed by atoms with Crippen LogP contribution in [0.3, 0.4) is 0 Å². The molecule has 19 heavy (non-hydrogen) atoms. The van der Waals surface area contributed by atoms with Gasteiger partial charge in [-0.1, -0.05) is 6.92 Å². The molecule has 4 nitrogen and oxygen atoms in total. The molecular weight excluding hydrogens is 260 g/mol. The summed E-state index contributed by atoms with van der Waals surface area (Å²) in [4.78, 5) is 27.0. The highest BCUT2D eigenvalue weighted by Gasteiger charge is 2.41. The zero-order valence-electron chi connectivity index (χ0n) is 11.4. The van der Waals surface area contributed by atoms with Crippen molar-refractivity contribution in [2.24, 2.45) is 0 Å². The topological polar surface area (TPSA) is 49.4 Å². The quantitative estimate of drug-likeness (QED) is 0.861. The number of amides is 2. The number of hydrogen-bond acceptors (Lipinski definition) is 3. The van der Waals surface area contributed by atoms with Crippen LogP contribution in [-0.4, -0.2) is 30.2 Å². The maximum atomic E-state index is 12.5. The van der Waals surface area contributed by atoms with Crippen LogP contribution in [0.1, 0.15) is 20.3 Å². The van der Waals surface area contributed by atoms with Gasteiger partial charge in [-0.25, -0.2) is 0 Å². The molecule has 0 bridgehead atoms. The fourth-order valence-electron chi connectivity index (χ4n) is 2.12. The number of benzene rings is 1. The fourth-order valence-corrected chi connectivity index (χ4v) is 2.53. The van der Waals surface area contributed by atoms with Crippen molar-refractivity contribution in [1.82, 2.24) is 5.32 Å². The highest BCUT2D eigenvalue weighted by atomic mass is 32.2. The van der Waals surface area contributed by atoms with E-state index in [2.05, 4.69) is 5.32 Å². The highest BCUT2D eigenvalue weighted by Crippen LogP contribution is 2.25. The Labute approximate surface area is 117 Å². The number of rotatable bonds is 3. The summed E-state index contributed by atoms with van der Waals surface area (Å²) in [5, 5.41) is 2.78. The Bertz CT molecular complexity index is 501. The van der Waals surface area contributed by atoms with E-state index in [1.165, 1.54) is 0 Å². The van der Waals surface area contributed by atoms with Crippen molar-refractivity contribution >= 4 is 29.3 Å².